The first kappa shape index (κ1) is 15.5. The molecule has 0 unspecified atom stereocenters. The van der Waals surface area contributed by atoms with E-state index >= 15 is 0 Å². The summed E-state index contributed by atoms with van der Waals surface area (Å²) in [5, 5.41) is 9.31. The van der Waals surface area contributed by atoms with Crippen LogP contribution in [0, 0.1) is 3.57 Å². The zero-order chi connectivity index (χ0) is 16.4. The second-order valence-corrected chi connectivity index (χ2v) is 6.00. The molecular formula is C16H11IN2O4. The minimum absolute atomic E-state index is 0.0913. The average molecular weight is 422 g/mol. The Morgan fingerprint density at radius 3 is 2.65 bits per heavy atom. The third-order valence-electron chi connectivity index (χ3n) is 3.17. The van der Waals surface area contributed by atoms with Crippen molar-refractivity contribution in [2.45, 2.75) is 6.61 Å². The van der Waals surface area contributed by atoms with Crippen LogP contribution >= 0.6 is 22.6 Å². The molecule has 23 heavy (non-hydrogen) atoms. The molecule has 0 spiro atoms. The number of rotatable bonds is 4. The lowest BCUT2D eigenvalue weighted by Gasteiger charge is -2.10. The fourth-order valence-electron chi connectivity index (χ4n) is 2.10. The van der Waals surface area contributed by atoms with Crippen LogP contribution in [-0.2, 0) is 6.61 Å². The number of hydrogen-bond acceptors (Lipinski definition) is 4. The third kappa shape index (κ3) is 3.19. The van der Waals surface area contributed by atoms with Crippen LogP contribution in [0.1, 0.15) is 16.1 Å². The van der Waals surface area contributed by atoms with Crippen LogP contribution in [-0.4, -0.2) is 20.5 Å². The van der Waals surface area contributed by atoms with Gasteiger partial charge in [0.25, 0.3) is 0 Å². The molecule has 0 aliphatic rings. The molecule has 0 radical (unpaired) electrons. The average Bonchev–Trinajstić information content (AvgIpc) is 2.55. The monoisotopic (exact) mass is 422 g/mol. The molecule has 0 saturated carbocycles. The number of carbonyl (C=O) groups is 1. The van der Waals surface area contributed by atoms with Crippen molar-refractivity contribution in [3.05, 3.63) is 73.8 Å². The maximum absolute atomic E-state index is 12.6. The van der Waals surface area contributed by atoms with Gasteiger partial charge in [-0.3, -0.25) is 9.20 Å². The van der Waals surface area contributed by atoms with Gasteiger partial charge in [-0.25, -0.2) is 9.78 Å². The van der Waals surface area contributed by atoms with Crippen LogP contribution in [0.15, 0.2) is 53.5 Å². The number of benzene rings is 1. The Morgan fingerprint density at radius 2 is 1.96 bits per heavy atom. The van der Waals surface area contributed by atoms with Crippen LogP contribution in [0.3, 0.4) is 0 Å². The summed E-state index contributed by atoms with van der Waals surface area (Å²) in [6, 6.07) is 12.5. The van der Waals surface area contributed by atoms with Crippen LogP contribution in [0.2, 0.25) is 0 Å². The Bertz CT molecular complexity index is 938. The molecule has 0 aliphatic carbocycles. The zero-order valence-electron chi connectivity index (χ0n) is 11.8. The van der Waals surface area contributed by atoms with Crippen molar-refractivity contribution in [1.82, 2.24) is 9.38 Å². The van der Waals surface area contributed by atoms with E-state index in [2.05, 4.69) is 27.6 Å². The predicted molar refractivity (Wildman–Crippen MR) is 91.9 cm³/mol. The van der Waals surface area contributed by atoms with E-state index in [1.165, 1.54) is 4.40 Å². The Morgan fingerprint density at radius 1 is 1.22 bits per heavy atom. The number of fused-ring (bicyclic) bond motifs is 1. The van der Waals surface area contributed by atoms with Crippen LogP contribution < -0.4 is 10.3 Å². The van der Waals surface area contributed by atoms with Gasteiger partial charge in [-0.2, -0.15) is 0 Å². The number of hydrogen-bond donors (Lipinski definition) is 1. The van der Waals surface area contributed by atoms with Gasteiger partial charge in [0.1, 0.15) is 12.3 Å². The van der Waals surface area contributed by atoms with Crippen molar-refractivity contribution in [1.29, 1.82) is 0 Å². The summed E-state index contributed by atoms with van der Waals surface area (Å²) in [6.45, 7) is 0.0913. The van der Waals surface area contributed by atoms with Gasteiger partial charge in [0, 0.05) is 9.77 Å². The number of nitrogens with zero attached hydrogens (tertiary/aromatic N) is 2. The molecular weight excluding hydrogens is 411 g/mol. The number of carboxylic acids is 1. The maximum Gasteiger partial charge on any atom is 0.358 e. The molecule has 0 amide bonds. The normalized spacial score (nSPS) is 10.7. The van der Waals surface area contributed by atoms with Crippen molar-refractivity contribution < 1.29 is 14.6 Å². The summed E-state index contributed by atoms with van der Waals surface area (Å²) in [5.74, 6) is -1.56. The summed E-state index contributed by atoms with van der Waals surface area (Å²) in [5.41, 5.74) is 0.171. The maximum atomic E-state index is 12.6. The quantitative estimate of drug-likeness (QED) is 0.654. The van der Waals surface area contributed by atoms with Crippen LogP contribution in [0.4, 0.5) is 0 Å². The van der Waals surface area contributed by atoms with E-state index < -0.39 is 11.5 Å². The molecule has 0 atom stereocenters. The highest BCUT2D eigenvalue weighted by Crippen LogP contribution is 2.15. The predicted octanol–water partition coefficient (Wildman–Crippen LogP) is 2.58. The molecule has 2 aromatic heterocycles. The van der Waals surface area contributed by atoms with Gasteiger partial charge in [-0.1, -0.05) is 30.3 Å². The fraction of sp³-hybridized carbons (Fsp3) is 0.0625. The van der Waals surface area contributed by atoms with Crippen molar-refractivity contribution in [2.24, 2.45) is 0 Å². The molecule has 7 heteroatoms. The Labute approximate surface area is 144 Å². The van der Waals surface area contributed by atoms with Crippen molar-refractivity contribution in [3.8, 4) is 5.75 Å². The van der Waals surface area contributed by atoms with E-state index in [9.17, 15) is 14.7 Å². The molecule has 3 rings (SSSR count). The number of aromatic nitrogens is 2. The minimum Gasteiger partial charge on any atom is -0.481 e. The minimum atomic E-state index is -1.30. The fourth-order valence-corrected chi connectivity index (χ4v) is 2.56. The summed E-state index contributed by atoms with van der Waals surface area (Å²) in [7, 11) is 0. The molecule has 2 heterocycles. The number of halogens is 1. The van der Waals surface area contributed by atoms with Crippen LogP contribution in [0.25, 0.3) is 5.65 Å². The smallest absolute Gasteiger partial charge is 0.358 e. The first-order valence-corrected chi connectivity index (χ1v) is 7.76. The standard InChI is InChI=1S/C16H11IN2O4/c17-11-6-7-12-18-13(16(21)22)14(15(20)19(12)8-11)23-9-10-4-2-1-3-5-10/h1-8H,9H2,(H,21,22). The lowest BCUT2D eigenvalue weighted by molar-refractivity contribution is 0.0684. The molecule has 1 N–H and O–H groups in total. The Kier molecular flexibility index (Phi) is 4.28. The van der Waals surface area contributed by atoms with Gasteiger partial charge in [0.2, 0.25) is 5.75 Å². The summed E-state index contributed by atoms with van der Waals surface area (Å²) >= 11 is 2.06. The third-order valence-corrected chi connectivity index (χ3v) is 3.81. The zero-order valence-corrected chi connectivity index (χ0v) is 13.9. The summed E-state index contributed by atoms with van der Waals surface area (Å²) in [6.07, 6.45) is 1.59. The van der Waals surface area contributed by atoms with Crippen molar-refractivity contribution >= 4 is 34.2 Å². The van der Waals surface area contributed by atoms with Gasteiger partial charge >= 0.3 is 11.5 Å². The molecule has 3 aromatic rings. The topological polar surface area (TPSA) is 80.9 Å². The van der Waals surface area contributed by atoms with E-state index in [0.29, 0.717) is 0 Å². The molecule has 0 fully saturated rings. The van der Waals surface area contributed by atoms with E-state index in [4.69, 9.17) is 4.74 Å². The first-order valence-electron chi connectivity index (χ1n) is 6.68. The highest BCUT2D eigenvalue weighted by Gasteiger charge is 2.20. The van der Waals surface area contributed by atoms with Gasteiger partial charge in [0.05, 0.1) is 0 Å². The lowest BCUT2D eigenvalue weighted by atomic mass is 10.2. The Hall–Kier alpha value is -2.42. The summed E-state index contributed by atoms with van der Waals surface area (Å²) < 4.78 is 7.60. The van der Waals surface area contributed by atoms with Crippen molar-refractivity contribution in [3.63, 3.8) is 0 Å². The van der Waals surface area contributed by atoms with Crippen LogP contribution in [0.5, 0.6) is 5.75 Å². The first-order chi connectivity index (χ1) is 11.1. The molecule has 0 saturated heterocycles. The van der Waals surface area contributed by atoms with Gasteiger partial charge in [0.15, 0.2) is 5.69 Å². The molecule has 6 nitrogen and oxygen atoms in total. The molecule has 0 aliphatic heterocycles. The number of aromatic carboxylic acids is 1. The Balaban J connectivity index is 2.09. The number of ether oxygens (including phenoxy) is 1. The number of carboxylic acid groups (broad SMARTS) is 1. The van der Waals surface area contributed by atoms with Crippen molar-refractivity contribution in [2.75, 3.05) is 0 Å². The lowest BCUT2D eigenvalue weighted by Crippen LogP contribution is -2.22. The molecule has 1 aromatic carbocycles. The van der Waals surface area contributed by atoms with Gasteiger partial charge < -0.3 is 9.84 Å². The SMILES string of the molecule is O=C(O)c1nc2ccc(I)cn2c(=O)c1OCc1ccccc1. The van der Waals surface area contributed by atoms with E-state index in [1.807, 2.05) is 30.3 Å². The highest BCUT2D eigenvalue weighted by molar-refractivity contribution is 14.1. The molecule has 0 bridgehead atoms. The highest BCUT2D eigenvalue weighted by atomic mass is 127. The second-order valence-electron chi connectivity index (χ2n) is 4.75. The largest absolute Gasteiger partial charge is 0.481 e. The van der Waals surface area contributed by atoms with Gasteiger partial charge in [-0.05, 0) is 40.3 Å². The number of pyridine rings is 1. The second kappa shape index (κ2) is 6.37. The van der Waals surface area contributed by atoms with E-state index in [1.54, 1.807) is 18.3 Å². The summed E-state index contributed by atoms with van der Waals surface area (Å²) in [4.78, 5) is 28.0. The van der Waals surface area contributed by atoms with E-state index in [0.717, 1.165) is 9.13 Å². The molecule has 116 valence electrons. The van der Waals surface area contributed by atoms with E-state index in [-0.39, 0.29) is 23.7 Å². The van der Waals surface area contributed by atoms with Gasteiger partial charge in [-0.15, -0.1) is 0 Å².